The SMILES string of the molecule is COC(=O)C(C)(C)C(=O)Oc1ccccc1. The molecule has 0 heterocycles. The minimum Gasteiger partial charge on any atom is -0.468 e. The smallest absolute Gasteiger partial charge is 0.328 e. The predicted molar refractivity (Wildman–Crippen MR) is 57.9 cm³/mol. The molecule has 0 amide bonds. The molecule has 1 aromatic rings. The number of ether oxygens (including phenoxy) is 2. The van der Waals surface area contributed by atoms with Gasteiger partial charge in [-0.2, -0.15) is 0 Å². The number of hydrogen-bond acceptors (Lipinski definition) is 4. The van der Waals surface area contributed by atoms with Crippen molar-refractivity contribution in [3.8, 4) is 5.75 Å². The molecule has 0 bridgehead atoms. The molecule has 86 valence electrons. The Morgan fingerprint density at radius 2 is 1.62 bits per heavy atom. The molecule has 0 N–H and O–H groups in total. The maximum Gasteiger partial charge on any atom is 0.328 e. The van der Waals surface area contributed by atoms with E-state index in [9.17, 15) is 9.59 Å². The first kappa shape index (κ1) is 12.2. The van der Waals surface area contributed by atoms with E-state index in [1.54, 1.807) is 24.3 Å². The van der Waals surface area contributed by atoms with Crippen molar-refractivity contribution in [1.29, 1.82) is 0 Å². The van der Waals surface area contributed by atoms with Crippen LogP contribution in [0.5, 0.6) is 5.75 Å². The molecule has 1 aromatic carbocycles. The lowest BCUT2D eigenvalue weighted by Crippen LogP contribution is -2.37. The number of esters is 2. The van der Waals surface area contributed by atoms with Crippen molar-refractivity contribution in [2.75, 3.05) is 7.11 Å². The zero-order valence-corrected chi connectivity index (χ0v) is 9.52. The lowest BCUT2D eigenvalue weighted by atomic mass is 9.94. The Kier molecular flexibility index (Phi) is 3.66. The number of rotatable bonds is 3. The third-order valence-electron chi connectivity index (χ3n) is 2.16. The van der Waals surface area contributed by atoms with Gasteiger partial charge in [-0.05, 0) is 26.0 Å². The highest BCUT2D eigenvalue weighted by Gasteiger charge is 2.39. The predicted octanol–water partition coefficient (Wildman–Crippen LogP) is 1.79. The average Bonchev–Trinajstić information content (AvgIpc) is 2.29. The molecule has 0 spiro atoms. The van der Waals surface area contributed by atoms with E-state index >= 15 is 0 Å². The summed E-state index contributed by atoms with van der Waals surface area (Å²) in [5, 5.41) is 0. The Morgan fingerprint density at radius 1 is 1.06 bits per heavy atom. The van der Waals surface area contributed by atoms with Crippen molar-refractivity contribution in [1.82, 2.24) is 0 Å². The van der Waals surface area contributed by atoms with Crippen molar-refractivity contribution in [2.45, 2.75) is 13.8 Å². The number of benzene rings is 1. The molecule has 0 unspecified atom stereocenters. The fourth-order valence-electron chi connectivity index (χ4n) is 1.06. The van der Waals surface area contributed by atoms with Crippen molar-refractivity contribution < 1.29 is 19.1 Å². The summed E-state index contributed by atoms with van der Waals surface area (Å²) in [5.74, 6) is -0.844. The second-order valence-electron chi connectivity index (χ2n) is 3.82. The first-order chi connectivity index (χ1) is 7.48. The van der Waals surface area contributed by atoms with Gasteiger partial charge in [0.05, 0.1) is 7.11 Å². The van der Waals surface area contributed by atoms with E-state index < -0.39 is 17.4 Å². The average molecular weight is 222 g/mol. The summed E-state index contributed by atoms with van der Waals surface area (Å²) in [6.45, 7) is 2.92. The Bertz CT molecular complexity index is 381. The van der Waals surface area contributed by atoms with Gasteiger partial charge in [-0.25, -0.2) is 0 Å². The highest BCUT2D eigenvalue weighted by molar-refractivity contribution is 5.99. The van der Waals surface area contributed by atoms with Crippen LogP contribution in [0.3, 0.4) is 0 Å². The molecule has 0 saturated heterocycles. The van der Waals surface area contributed by atoms with Gasteiger partial charge < -0.3 is 9.47 Å². The first-order valence-electron chi connectivity index (χ1n) is 4.84. The van der Waals surface area contributed by atoms with Gasteiger partial charge in [0.25, 0.3) is 0 Å². The number of carbonyl (C=O) groups is 2. The summed E-state index contributed by atoms with van der Waals surface area (Å²) in [4.78, 5) is 23.1. The van der Waals surface area contributed by atoms with Crippen LogP contribution >= 0.6 is 0 Å². The van der Waals surface area contributed by atoms with Crippen LogP contribution in [0.15, 0.2) is 30.3 Å². The number of para-hydroxylation sites is 1. The monoisotopic (exact) mass is 222 g/mol. The molecule has 0 fully saturated rings. The number of carbonyl (C=O) groups excluding carboxylic acids is 2. The molecule has 16 heavy (non-hydrogen) atoms. The van der Waals surface area contributed by atoms with Gasteiger partial charge in [-0.3, -0.25) is 9.59 Å². The minimum atomic E-state index is -1.30. The second kappa shape index (κ2) is 4.79. The van der Waals surface area contributed by atoms with E-state index in [1.807, 2.05) is 6.07 Å². The Hall–Kier alpha value is -1.84. The van der Waals surface area contributed by atoms with Crippen molar-refractivity contribution in [2.24, 2.45) is 5.41 Å². The van der Waals surface area contributed by atoms with E-state index in [2.05, 4.69) is 4.74 Å². The lowest BCUT2D eigenvalue weighted by molar-refractivity contribution is -0.162. The van der Waals surface area contributed by atoms with Crippen LogP contribution in [-0.4, -0.2) is 19.0 Å². The van der Waals surface area contributed by atoms with Crippen LogP contribution in [0, 0.1) is 5.41 Å². The molecular weight excluding hydrogens is 208 g/mol. The Labute approximate surface area is 94.2 Å². The van der Waals surface area contributed by atoms with Gasteiger partial charge in [-0.15, -0.1) is 0 Å². The largest absolute Gasteiger partial charge is 0.468 e. The standard InChI is InChI=1S/C12H14O4/c1-12(2,10(13)15-3)11(14)16-9-7-5-4-6-8-9/h4-8H,1-3H3. The van der Waals surface area contributed by atoms with Crippen molar-refractivity contribution in [3.05, 3.63) is 30.3 Å². The van der Waals surface area contributed by atoms with E-state index in [-0.39, 0.29) is 0 Å². The van der Waals surface area contributed by atoms with Gasteiger partial charge in [0, 0.05) is 0 Å². The third-order valence-corrected chi connectivity index (χ3v) is 2.16. The summed E-state index contributed by atoms with van der Waals surface area (Å²) < 4.78 is 9.60. The second-order valence-corrected chi connectivity index (χ2v) is 3.82. The van der Waals surface area contributed by atoms with Crippen LogP contribution < -0.4 is 4.74 Å². The third kappa shape index (κ3) is 2.59. The van der Waals surface area contributed by atoms with Crippen LogP contribution in [0.1, 0.15) is 13.8 Å². The van der Waals surface area contributed by atoms with E-state index in [1.165, 1.54) is 21.0 Å². The van der Waals surface area contributed by atoms with E-state index in [4.69, 9.17) is 4.74 Å². The fraction of sp³-hybridized carbons (Fsp3) is 0.333. The molecule has 4 heteroatoms. The molecule has 0 aliphatic rings. The Balaban J connectivity index is 2.76. The zero-order valence-electron chi connectivity index (χ0n) is 9.52. The topological polar surface area (TPSA) is 52.6 Å². The highest BCUT2D eigenvalue weighted by atomic mass is 16.6. The van der Waals surface area contributed by atoms with Crippen LogP contribution in [0.25, 0.3) is 0 Å². The highest BCUT2D eigenvalue weighted by Crippen LogP contribution is 2.21. The summed E-state index contributed by atoms with van der Waals surface area (Å²) in [6.07, 6.45) is 0. The van der Waals surface area contributed by atoms with Gasteiger partial charge in [0.2, 0.25) is 0 Å². The lowest BCUT2D eigenvalue weighted by Gasteiger charge is -2.19. The zero-order chi connectivity index (χ0) is 12.2. The maximum atomic E-state index is 11.7. The fourth-order valence-corrected chi connectivity index (χ4v) is 1.06. The Morgan fingerprint density at radius 3 is 2.12 bits per heavy atom. The summed E-state index contributed by atoms with van der Waals surface area (Å²) in [5.41, 5.74) is -1.30. The molecule has 4 nitrogen and oxygen atoms in total. The summed E-state index contributed by atoms with van der Waals surface area (Å²) >= 11 is 0. The van der Waals surface area contributed by atoms with E-state index in [0.29, 0.717) is 5.75 Å². The van der Waals surface area contributed by atoms with Crippen molar-refractivity contribution >= 4 is 11.9 Å². The maximum absolute atomic E-state index is 11.7. The molecule has 0 aromatic heterocycles. The minimum absolute atomic E-state index is 0.407. The normalized spacial score (nSPS) is 10.7. The van der Waals surface area contributed by atoms with Gasteiger partial charge in [0.1, 0.15) is 5.75 Å². The van der Waals surface area contributed by atoms with Crippen LogP contribution in [-0.2, 0) is 14.3 Å². The van der Waals surface area contributed by atoms with Crippen LogP contribution in [0.4, 0.5) is 0 Å². The van der Waals surface area contributed by atoms with E-state index in [0.717, 1.165) is 0 Å². The summed E-state index contributed by atoms with van der Waals surface area (Å²) in [6, 6.07) is 8.58. The van der Waals surface area contributed by atoms with Gasteiger partial charge >= 0.3 is 11.9 Å². The first-order valence-corrected chi connectivity index (χ1v) is 4.84. The van der Waals surface area contributed by atoms with Gasteiger partial charge in [-0.1, -0.05) is 18.2 Å². The molecule has 0 aliphatic heterocycles. The molecule has 0 atom stereocenters. The quantitative estimate of drug-likeness (QED) is 0.444. The molecule has 1 rings (SSSR count). The van der Waals surface area contributed by atoms with Crippen LogP contribution in [0.2, 0.25) is 0 Å². The number of hydrogen-bond donors (Lipinski definition) is 0. The van der Waals surface area contributed by atoms with Crippen molar-refractivity contribution in [3.63, 3.8) is 0 Å². The van der Waals surface area contributed by atoms with Gasteiger partial charge in [0.15, 0.2) is 5.41 Å². The molecule has 0 radical (unpaired) electrons. The molecule has 0 aliphatic carbocycles. The summed E-state index contributed by atoms with van der Waals surface area (Å²) in [7, 11) is 1.24. The number of methoxy groups -OCH3 is 1. The molecule has 0 saturated carbocycles. The molecular formula is C12H14O4.